The van der Waals surface area contributed by atoms with E-state index in [-0.39, 0.29) is 5.56 Å². The van der Waals surface area contributed by atoms with Gasteiger partial charge in [0.05, 0.1) is 5.56 Å². The van der Waals surface area contributed by atoms with Crippen molar-refractivity contribution >= 4 is 33.5 Å². The number of amides is 1. The molecule has 0 saturated heterocycles. The quantitative estimate of drug-likeness (QED) is 0.840. The summed E-state index contributed by atoms with van der Waals surface area (Å²) in [6.45, 7) is 1.44. The van der Waals surface area contributed by atoms with E-state index in [2.05, 4.69) is 21.2 Å². The zero-order valence-corrected chi connectivity index (χ0v) is 13.3. The maximum atomic E-state index is 12.8. The first-order valence-electron chi connectivity index (χ1n) is 6.44. The highest BCUT2D eigenvalue weighted by Crippen LogP contribution is 2.19. The summed E-state index contributed by atoms with van der Waals surface area (Å²) in [6, 6.07) is 10.3. The molecule has 2 rings (SSSR count). The van der Waals surface area contributed by atoms with Crippen molar-refractivity contribution in [3.8, 4) is 0 Å². The van der Waals surface area contributed by atoms with Crippen LogP contribution in [0, 0.1) is 12.7 Å². The summed E-state index contributed by atoms with van der Waals surface area (Å²) in [6.07, 6.45) is 0. The Kier molecular flexibility index (Phi) is 5.27. The summed E-state index contributed by atoms with van der Waals surface area (Å²) in [7, 11) is 0. The Morgan fingerprint density at radius 3 is 2.50 bits per heavy atom. The highest BCUT2D eigenvalue weighted by Gasteiger charge is 2.11. The van der Waals surface area contributed by atoms with Gasteiger partial charge in [-0.3, -0.25) is 4.79 Å². The van der Waals surface area contributed by atoms with Gasteiger partial charge in [-0.05, 0) is 55.0 Å². The fraction of sp³-hybridized carbons (Fsp3) is 0.125. The molecule has 0 saturated carbocycles. The Morgan fingerprint density at radius 2 is 1.86 bits per heavy atom. The Balaban J connectivity index is 1.89. The Hall–Kier alpha value is -2.21. The Bertz CT molecular complexity index is 701. The van der Waals surface area contributed by atoms with Gasteiger partial charge in [0.1, 0.15) is 5.82 Å². The zero-order chi connectivity index (χ0) is 16.1. The summed E-state index contributed by atoms with van der Waals surface area (Å²) in [5, 5.41) is 2.66. The van der Waals surface area contributed by atoms with E-state index < -0.39 is 24.3 Å². The third-order valence-electron chi connectivity index (χ3n) is 2.88. The van der Waals surface area contributed by atoms with Crippen molar-refractivity contribution in [2.75, 3.05) is 11.9 Å². The number of esters is 1. The van der Waals surface area contributed by atoms with Gasteiger partial charge in [0, 0.05) is 10.2 Å². The van der Waals surface area contributed by atoms with Crippen molar-refractivity contribution in [2.24, 2.45) is 0 Å². The minimum atomic E-state index is -0.678. The van der Waals surface area contributed by atoms with Crippen LogP contribution in [-0.4, -0.2) is 18.5 Å². The molecule has 6 heteroatoms. The van der Waals surface area contributed by atoms with E-state index in [1.165, 1.54) is 12.1 Å². The van der Waals surface area contributed by atoms with E-state index in [0.717, 1.165) is 22.2 Å². The molecule has 0 aliphatic rings. The van der Waals surface area contributed by atoms with Crippen LogP contribution in [0.3, 0.4) is 0 Å². The first kappa shape index (κ1) is 16.2. The average Bonchev–Trinajstić information content (AvgIpc) is 2.48. The fourth-order valence-electron chi connectivity index (χ4n) is 1.75. The Labute approximate surface area is 135 Å². The number of ether oxygens (including phenoxy) is 1. The number of nitrogens with one attached hydrogen (secondary N) is 1. The molecule has 4 nitrogen and oxygen atoms in total. The van der Waals surface area contributed by atoms with Crippen LogP contribution in [0.1, 0.15) is 15.9 Å². The summed E-state index contributed by atoms with van der Waals surface area (Å²) < 4.78 is 18.5. The third kappa shape index (κ3) is 4.39. The molecule has 2 aromatic rings. The standard InChI is InChI=1S/C16H13BrFNO3/c1-10-8-12(17)4-7-14(10)19-15(20)9-22-16(21)11-2-5-13(18)6-3-11/h2-8H,9H2,1H3,(H,19,20). The van der Waals surface area contributed by atoms with Crippen molar-refractivity contribution in [1.29, 1.82) is 0 Å². The number of halogens is 2. The van der Waals surface area contributed by atoms with Gasteiger partial charge < -0.3 is 10.1 Å². The van der Waals surface area contributed by atoms with E-state index >= 15 is 0 Å². The molecule has 0 unspecified atom stereocenters. The normalized spacial score (nSPS) is 10.1. The molecule has 1 N–H and O–H groups in total. The minimum absolute atomic E-state index is 0.189. The molecule has 0 aromatic heterocycles. The maximum absolute atomic E-state index is 12.8. The van der Waals surface area contributed by atoms with Crippen LogP contribution in [0.25, 0.3) is 0 Å². The van der Waals surface area contributed by atoms with Crippen molar-refractivity contribution in [1.82, 2.24) is 0 Å². The number of anilines is 1. The average molecular weight is 366 g/mol. The number of rotatable bonds is 4. The molecular weight excluding hydrogens is 353 g/mol. The van der Waals surface area contributed by atoms with E-state index in [9.17, 15) is 14.0 Å². The summed E-state index contributed by atoms with van der Waals surface area (Å²) in [5.74, 6) is -1.57. The second-order valence-electron chi connectivity index (χ2n) is 4.59. The molecule has 0 aliphatic heterocycles. The van der Waals surface area contributed by atoms with Gasteiger partial charge in [-0.15, -0.1) is 0 Å². The van der Waals surface area contributed by atoms with E-state index in [1.54, 1.807) is 12.1 Å². The lowest BCUT2D eigenvalue weighted by atomic mass is 10.2. The second-order valence-corrected chi connectivity index (χ2v) is 5.51. The van der Waals surface area contributed by atoms with Gasteiger partial charge in [-0.1, -0.05) is 15.9 Å². The Morgan fingerprint density at radius 1 is 1.18 bits per heavy atom. The van der Waals surface area contributed by atoms with Crippen molar-refractivity contribution in [3.63, 3.8) is 0 Å². The predicted molar refractivity (Wildman–Crippen MR) is 84.2 cm³/mol. The first-order chi connectivity index (χ1) is 10.5. The molecule has 1 amide bonds. The van der Waals surface area contributed by atoms with Crippen molar-refractivity contribution in [2.45, 2.75) is 6.92 Å². The molecule has 22 heavy (non-hydrogen) atoms. The number of carbonyl (C=O) groups is 2. The second kappa shape index (κ2) is 7.17. The lowest BCUT2D eigenvalue weighted by Crippen LogP contribution is -2.21. The number of hydrogen-bond donors (Lipinski definition) is 1. The van der Waals surface area contributed by atoms with Gasteiger partial charge in [0.15, 0.2) is 6.61 Å². The monoisotopic (exact) mass is 365 g/mol. The molecule has 114 valence electrons. The number of hydrogen-bond acceptors (Lipinski definition) is 3. The SMILES string of the molecule is Cc1cc(Br)ccc1NC(=O)COC(=O)c1ccc(F)cc1. The first-order valence-corrected chi connectivity index (χ1v) is 7.23. The van der Waals surface area contributed by atoms with E-state index in [0.29, 0.717) is 5.69 Å². The topological polar surface area (TPSA) is 55.4 Å². The number of benzene rings is 2. The zero-order valence-electron chi connectivity index (χ0n) is 11.7. The highest BCUT2D eigenvalue weighted by molar-refractivity contribution is 9.10. The van der Waals surface area contributed by atoms with Gasteiger partial charge in [0.2, 0.25) is 0 Å². The number of carbonyl (C=O) groups excluding carboxylic acids is 2. The van der Waals surface area contributed by atoms with Crippen LogP contribution in [0.15, 0.2) is 46.9 Å². The maximum Gasteiger partial charge on any atom is 0.338 e. The molecule has 0 spiro atoms. The number of aryl methyl sites for hydroxylation is 1. The minimum Gasteiger partial charge on any atom is -0.452 e. The molecule has 0 atom stereocenters. The van der Waals surface area contributed by atoms with Gasteiger partial charge in [-0.25, -0.2) is 9.18 Å². The van der Waals surface area contributed by atoms with Crippen LogP contribution >= 0.6 is 15.9 Å². The molecule has 2 aromatic carbocycles. The van der Waals surface area contributed by atoms with Crippen LogP contribution < -0.4 is 5.32 Å². The third-order valence-corrected chi connectivity index (χ3v) is 3.37. The van der Waals surface area contributed by atoms with Gasteiger partial charge in [0.25, 0.3) is 5.91 Å². The molecule has 0 aliphatic carbocycles. The van der Waals surface area contributed by atoms with Crippen molar-refractivity contribution in [3.05, 3.63) is 63.9 Å². The van der Waals surface area contributed by atoms with Crippen LogP contribution in [-0.2, 0) is 9.53 Å². The molecule has 0 bridgehead atoms. The van der Waals surface area contributed by atoms with E-state index in [1.807, 2.05) is 13.0 Å². The van der Waals surface area contributed by atoms with Gasteiger partial charge in [-0.2, -0.15) is 0 Å². The molecule has 0 radical (unpaired) electrons. The molecule has 0 fully saturated rings. The van der Waals surface area contributed by atoms with Crippen LogP contribution in [0.4, 0.5) is 10.1 Å². The fourth-order valence-corrected chi connectivity index (χ4v) is 2.23. The van der Waals surface area contributed by atoms with Crippen LogP contribution in [0.2, 0.25) is 0 Å². The lowest BCUT2D eigenvalue weighted by molar-refractivity contribution is -0.119. The predicted octanol–water partition coefficient (Wildman–Crippen LogP) is 3.69. The lowest BCUT2D eigenvalue weighted by Gasteiger charge is -2.09. The summed E-state index contributed by atoms with van der Waals surface area (Å²) in [5.41, 5.74) is 1.72. The van der Waals surface area contributed by atoms with Crippen LogP contribution in [0.5, 0.6) is 0 Å². The summed E-state index contributed by atoms with van der Waals surface area (Å²) in [4.78, 5) is 23.5. The molecule has 0 heterocycles. The smallest absolute Gasteiger partial charge is 0.338 e. The summed E-state index contributed by atoms with van der Waals surface area (Å²) >= 11 is 3.33. The van der Waals surface area contributed by atoms with Gasteiger partial charge >= 0.3 is 5.97 Å². The highest BCUT2D eigenvalue weighted by atomic mass is 79.9. The van der Waals surface area contributed by atoms with E-state index in [4.69, 9.17) is 4.74 Å². The van der Waals surface area contributed by atoms with Crippen molar-refractivity contribution < 1.29 is 18.7 Å². The molecular formula is C16H13BrFNO3. The largest absolute Gasteiger partial charge is 0.452 e.